The molecule has 0 bridgehead atoms. The molecule has 2 N–H and O–H groups in total. The van der Waals surface area contributed by atoms with Crippen molar-refractivity contribution in [3.63, 3.8) is 0 Å². The Morgan fingerprint density at radius 3 is 2.78 bits per heavy atom. The van der Waals surface area contributed by atoms with Gasteiger partial charge in [-0.3, -0.25) is 0 Å². The fraction of sp³-hybridized carbons (Fsp3) is 0.400. The Bertz CT molecular complexity index is 529. The maximum atomic E-state index is 11.5. The number of ether oxygens (including phenoxy) is 1. The molecule has 100 valence electrons. The van der Waals surface area contributed by atoms with Crippen molar-refractivity contribution in [2.24, 2.45) is 0 Å². The highest BCUT2D eigenvalue weighted by atomic mass is 32.2. The third-order valence-electron chi connectivity index (χ3n) is 2.15. The second-order valence-electron chi connectivity index (χ2n) is 3.52. The van der Waals surface area contributed by atoms with E-state index in [0.717, 1.165) is 6.26 Å². The number of aromatic nitrogens is 1. The first kappa shape index (κ1) is 14.4. The Kier molecular flexibility index (Phi) is 4.62. The Labute approximate surface area is 105 Å². The fourth-order valence-corrected chi connectivity index (χ4v) is 2.07. The van der Waals surface area contributed by atoms with Gasteiger partial charge in [-0.2, -0.15) is 0 Å². The molecule has 7 nitrogen and oxygen atoms in total. The van der Waals surface area contributed by atoms with Crippen LogP contribution >= 0.6 is 0 Å². The molecule has 0 saturated heterocycles. The molecular weight excluding hydrogens is 260 g/mol. The number of pyridine rings is 1. The molecule has 1 heterocycles. The summed E-state index contributed by atoms with van der Waals surface area (Å²) >= 11 is 0. The van der Waals surface area contributed by atoms with Gasteiger partial charge in [-0.05, 0) is 12.1 Å². The standard InChI is InChI=1S/C10H14N2O5S/c1-17-10(14)7(6-13)12-9-8(18(2,15)16)4-3-5-11-9/h3-5,7,13H,6H2,1-2H3,(H,11,12). The molecule has 8 heteroatoms. The molecule has 1 unspecified atom stereocenters. The van der Waals surface area contributed by atoms with Crippen molar-refractivity contribution in [3.05, 3.63) is 18.3 Å². The van der Waals surface area contributed by atoms with Gasteiger partial charge in [0, 0.05) is 12.5 Å². The van der Waals surface area contributed by atoms with Gasteiger partial charge in [-0.1, -0.05) is 0 Å². The second-order valence-corrected chi connectivity index (χ2v) is 5.51. The minimum atomic E-state index is -3.48. The average molecular weight is 274 g/mol. The molecule has 0 aromatic carbocycles. The van der Waals surface area contributed by atoms with Gasteiger partial charge in [-0.25, -0.2) is 18.2 Å². The number of hydrogen-bond donors (Lipinski definition) is 2. The van der Waals surface area contributed by atoms with Gasteiger partial charge >= 0.3 is 5.97 Å². The molecule has 0 aliphatic carbocycles. The van der Waals surface area contributed by atoms with Crippen LogP contribution in [0.3, 0.4) is 0 Å². The van der Waals surface area contributed by atoms with Crippen LogP contribution in [0.1, 0.15) is 0 Å². The van der Waals surface area contributed by atoms with Crippen molar-refractivity contribution in [1.29, 1.82) is 0 Å². The molecule has 1 aromatic rings. The number of aliphatic hydroxyl groups is 1. The summed E-state index contributed by atoms with van der Waals surface area (Å²) in [5, 5.41) is 11.6. The van der Waals surface area contributed by atoms with Crippen LogP contribution in [0.5, 0.6) is 0 Å². The van der Waals surface area contributed by atoms with E-state index >= 15 is 0 Å². The molecule has 0 spiro atoms. The minimum Gasteiger partial charge on any atom is -0.467 e. The first-order valence-electron chi connectivity index (χ1n) is 5.00. The molecule has 18 heavy (non-hydrogen) atoms. The number of carbonyl (C=O) groups is 1. The van der Waals surface area contributed by atoms with Crippen LogP contribution in [0.25, 0.3) is 0 Å². The van der Waals surface area contributed by atoms with Crippen LogP contribution in [0, 0.1) is 0 Å². The van der Waals surface area contributed by atoms with E-state index in [9.17, 15) is 13.2 Å². The fourth-order valence-electron chi connectivity index (χ4n) is 1.28. The third kappa shape index (κ3) is 3.41. The maximum absolute atomic E-state index is 11.5. The number of aliphatic hydroxyl groups excluding tert-OH is 1. The minimum absolute atomic E-state index is 0.00412. The lowest BCUT2D eigenvalue weighted by molar-refractivity contribution is -0.142. The Balaban J connectivity index is 3.08. The quantitative estimate of drug-likeness (QED) is 0.693. The maximum Gasteiger partial charge on any atom is 0.330 e. The summed E-state index contributed by atoms with van der Waals surface area (Å²) in [5.74, 6) is -0.702. The highest BCUT2D eigenvalue weighted by Gasteiger charge is 2.22. The summed E-state index contributed by atoms with van der Waals surface area (Å²) in [6.45, 7) is -0.535. The van der Waals surface area contributed by atoms with Gasteiger partial charge in [0.15, 0.2) is 9.84 Å². The summed E-state index contributed by atoms with van der Waals surface area (Å²) in [6, 6.07) is 1.76. The van der Waals surface area contributed by atoms with Gasteiger partial charge in [0.1, 0.15) is 16.8 Å². The first-order valence-corrected chi connectivity index (χ1v) is 6.89. The van der Waals surface area contributed by atoms with E-state index in [2.05, 4.69) is 15.0 Å². The number of esters is 1. The number of methoxy groups -OCH3 is 1. The molecule has 0 radical (unpaired) electrons. The predicted octanol–water partition coefficient (Wildman–Crippen LogP) is -0.569. The van der Waals surface area contributed by atoms with Crippen molar-refractivity contribution in [2.75, 3.05) is 25.3 Å². The molecule has 1 atom stereocenters. The number of sulfone groups is 1. The van der Waals surface area contributed by atoms with E-state index in [4.69, 9.17) is 5.11 Å². The monoisotopic (exact) mass is 274 g/mol. The van der Waals surface area contributed by atoms with E-state index in [1.54, 1.807) is 0 Å². The Morgan fingerprint density at radius 2 is 2.28 bits per heavy atom. The van der Waals surface area contributed by atoms with E-state index in [0.29, 0.717) is 0 Å². The van der Waals surface area contributed by atoms with Crippen molar-refractivity contribution in [3.8, 4) is 0 Å². The first-order chi connectivity index (χ1) is 8.40. The Morgan fingerprint density at radius 1 is 1.61 bits per heavy atom. The van der Waals surface area contributed by atoms with E-state index in [-0.39, 0.29) is 10.7 Å². The molecule has 0 saturated carbocycles. The van der Waals surface area contributed by atoms with Crippen molar-refractivity contribution >= 4 is 21.6 Å². The van der Waals surface area contributed by atoms with Gasteiger partial charge in [-0.15, -0.1) is 0 Å². The molecule has 0 amide bonds. The van der Waals surface area contributed by atoms with Crippen LogP contribution in [-0.4, -0.2) is 50.5 Å². The van der Waals surface area contributed by atoms with E-state index in [1.807, 2.05) is 0 Å². The van der Waals surface area contributed by atoms with Crippen LogP contribution < -0.4 is 5.32 Å². The molecule has 0 aliphatic rings. The van der Waals surface area contributed by atoms with Crippen molar-refractivity contribution < 1.29 is 23.1 Å². The predicted molar refractivity (Wildman–Crippen MR) is 63.9 cm³/mol. The van der Waals surface area contributed by atoms with E-state index < -0.39 is 28.5 Å². The number of nitrogens with zero attached hydrogens (tertiary/aromatic N) is 1. The summed E-state index contributed by atoms with van der Waals surface area (Å²) in [6.07, 6.45) is 2.41. The zero-order chi connectivity index (χ0) is 13.8. The lowest BCUT2D eigenvalue weighted by atomic mass is 10.3. The van der Waals surface area contributed by atoms with Crippen LogP contribution in [0.4, 0.5) is 5.82 Å². The van der Waals surface area contributed by atoms with Gasteiger partial charge in [0.2, 0.25) is 0 Å². The number of hydrogen-bond acceptors (Lipinski definition) is 7. The second kappa shape index (κ2) is 5.78. The van der Waals surface area contributed by atoms with Crippen molar-refractivity contribution in [1.82, 2.24) is 4.98 Å². The normalized spacial score (nSPS) is 12.8. The largest absolute Gasteiger partial charge is 0.467 e. The Hall–Kier alpha value is -1.67. The summed E-state index contributed by atoms with van der Waals surface area (Å²) in [5.41, 5.74) is 0. The van der Waals surface area contributed by atoms with Gasteiger partial charge in [0.25, 0.3) is 0 Å². The number of nitrogens with one attached hydrogen (secondary N) is 1. The van der Waals surface area contributed by atoms with Crippen LogP contribution in [0.15, 0.2) is 23.2 Å². The topological polar surface area (TPSA) is 106 Å². The lowest BCUT2D eigenvalue weighted by Crippen LogP contribution is -2.34. The van der Waals surface area contributed by atoms with E-state index in [1.165, 1.54) is 25.4 Å². The van der Waals surface area contributed by atoms with Crippen LogP contribution in [0.2, 0.25) is 0 Å². The number of carbonyl (C=O) groups excluding carboxylic acids is 1. The highest BCUT2D eigenvalue weighted by Crippen LogP contribution is 2.18. The molecule has 0 aliphatic heterocycles. The molecule has 1 aromatic heterocycles. The zero-order valence-electron chi connectivity index (χ0n) is 9.95. The lowest BCUT2D eigenvalue weighted by Gasteiger charge is -2.16. The van der Waals surface area contributed by atoms with Gasteiger partial charge in [0.05, 0.1) is 13.7 Å². The zero-order valence-corrected chi connectivity index (χ0v) is 10.8. The smallest absolute Gasteiger partial charge is 0.330 e. The average Bonchev–Trinajstić information content (AvgIpc) is 2.34. The molecule has 0 fully saturated rings. The SMILES string of the molecule is COC(=O)C(CO)Nc1ncccc1S(C)(=O)=O. The van der Waals surface area contributed by atoms with Crippen molar-refractivity contribution in [2.45, 2.75) is 10.9 Å². The van der Waals surface area contributed by atoms with Gasteiger partial charge < -0.3 is 15.2 Å². The number of anilines is 1. The third-order valence-corrected chi connectivity index (χ3v) is 3.28. The summed E-state index contributed by atoms with van der Waals surface area (Å²) in [7, 11) is -2.31. The highest BCUT2D eigenvalue weighted by molar-refractivity contribution is 7.90. The molecular formula is C10H14N2O5S. The molecule has 1 rings (SSSR count). The summed E-state index contributed by atoms with van der Waals surface area (Å²) < 4.78 is 27.5. The number of rotatable bonds is 5. The van der Waals surface area contributed by atoms with Crippen LogP contribution in [-0.2, 0) is 19.4 Å². The summed E-state index contributed by atoms with van der Waals surface area (Å²) in [4.78, 5) is 15.1.